The lowest BCUT2D eigenvalue weighted by atomic mass is 9.74. The van der Waals surface area contributed by atoms with Gasteiger partial charge in [0.2, 0.25) is 5.91 Å². The Morgan fingerprint density at radius 2 is 1.62 bits per heavy atom. The van der Waals surface area contributed by atoms with Crippen molar-refractivity contribution in [1.29, 1.82) is 0 Å². The molecule has 1 amide bonds. The first-order chi connectivity index (χ1) is 7.64. The number of carbonyl (C=O) groups is 1. The molecule has 1 saturated carbocycles. The maximum absolute atomic E-state index is 12.4. The minimum atomic E-state index is -0.170. The van der Waals surface area contributed by atoms with Crippen LogP contribution in [0.5, 0.6) is 0 Å². The average Bonchev–Trinajstić information content (AvgIpc) is 2.29. The van der Waals surface area contributed by atoms with Crippen LogP contribution in [0, 0.1) is 5.41 Å². The van der Waals surface area contributed by atoms with Gasteiger partial charge in [-0.2, -0.15) is 0 Å². The minimum absolute atomic E-state index is 0.170. The summed E-state index contributed by atoms with van der Waals surface area (Å²) < 4.78 is 0. The topological polar surface area (TPSA) is 20.3 Å². The van der Waals surface area contributed by atoms with E-state index >= 15 is 0 Å². The molecule has 0 unspecified atom stereocenters. The molecule has 0 atom stereocenters. The Kier molecular flexibility index (Phi) is 5.91. The Hall–Kier alpha value is 0.0500. The van der Waals surface area contributed by atoms with Gasteiger partial charge in [0, 0.05) is 30.3 Å². The molecule has 0 aromatic heterocycles. The van der Waals surface area contributed by atoms with Gasteiger partial charge in [-0.15, -0.1) is 23.2 Å². The van der Waals surface area contributed by atoms with Crippen LogP contribution in [0.3, 0.4) is 0 Å². The van der Waals surface area contributed by atoms with Crippen LogP contribution in [0.4, 0.5) is 0 Å². The molecule has 1 fully saturated rings. The van der Waals surface area contributed by atoms with Crippen molar-refractivity contribution in [1.82, 2.24) is 4.90 Å². The van der Waals surface area contributed by atoms with E-state index in [1.54, 1.807) is 0 Å². The molecule has 1 aliphatic rings. The molecule has 94 valence electrons. The predicted molar refractivity (Wildman–Crippen MR) is 69.2 cm³/mol. The number of alkyl halides is 2. The molecule has 0 spiro atoms. The Morgan fingerprint density at radius 3 is 2.06 bits per heavy atom. The van der Waals surface area contributed by atoms with Crippen LogP contribution in [0.25, 0.3) is 0 Å². The quantitative estimate of drug-likeness (QED) is 0.699. The normalized spacial score (nSPS) is 19.4. The number of amides is 1. The summed E-state index contributed by atoms with van der Waals surface area (Å²) in [5.74, 6) is 1.21. The Morgan fingerprint density at radius 1 is 1.12 bits per heavy atom. The van der Waals surface area contributed by atoms with E-state index in [1.165, 1.54) is 6.42 Å². The van der Waals surface area contributed by atoms with Crippen LogP contribution in [-0.2, 0) is 4.79 Å². The molecule has 0 aromatic rings. The number of rotatable bonds is 5. The number of carbonyl (C=O) groups excluding carboxylic acids is 1. The fraction of sp³-hybridized carbons (Fsp3) is 0.917. The first kappa shape index (κ1) is 14.1. The highest BCUT2D eigenvalue weighted by Crippen LogP contribution is 2.37. The van der Waals surface area contributed by atoms with Crippen LogP contribution in [0.15, 0.2) is 0 Å². The number of halogens is 2. The molecule has 1 aliphatic carbocycles. The smallest absolute Gasteiger partial charge is 0.228 e. The van der Waals surface area contributed by atoms with Crippen molar-refractivity contribution in [2.45, 2.75) is 39.0 Å². The van der Waals surface area contributed by atoms with Crippen molar-refractivity contribution < 1.29 is 4.79 Å². The lowest BCUT2D eigenvalue weighted by Gasteiger charge is -2.36. The maximum atomic E-state index is 12.4. The molecule has 0 radical (unpaired) electrons. The van der Waals surface area contributed by atoms with Gasteiger partial charge in [-0.25, -0.2) is 0 Å². The number of hydrogen-bond acceptors (Lipinski definition) is 1. The average molecular weight is 266 g/mol. The van der Waals surface area contributed by atoms with Crippen molar-refractivity contribution in [3.05, 3.63) is 0 Å². The van der Waals surface area contributed by atoms with Crippen molar-refractivity contribution >= 4 is 29.1 Å². The monoisotopic (exact) mass is 265 g/mol. The van der Waals surface area contributed by atoms with Gasteiger partial charge in [0.15, 0.2) is 0 Å². The third-order valence-corrected chi connectivity index (χ3v) is 3.81. The van der Waals surface area contributed by atoms with Crippen LogP contribution in [-0.4, -0.2) is 35.7 Å². The van der Waals surface area contributed by atoms with Gasteiger partial charge >= 0.3 is 0 Å². The summed E-state index contributed by atoms with van der Waals surface area (Å²) in [5, 5.41) is 0. The van der Waals surface area contributed by atoms with Gasteiger partial charge in [0.1, 0.15) is 0 Å². The molecule has 0 bridgehead atoms. The third kappa shape index (κ3) is 3.53. The molecule has 2 nitrogen and oxygen atoms in total. The van der Waals surface area contributed by atoms with E-state index < -0.39 is 0 Å². The summed E-state index contributed by atoms with van der Waals surface area (Å²) in [5.41, 5.74) is -0.170. The van der Waals surface area contributed by atoms with E-state index in [0.717, 1.165) is 25.7 Å². The van der Waals surface area contributed by atoms with E-state index in [-0.39, 0.29) is 11.3 Å². The minimum Gasteiger partial charge on any atom is -0.340 e. The van der Waals surface area contributed by atoms with Gasteiger partial charge in [0.05, 0.1) is 0 Å². The van der Waals surface area contributed by atoms with Crippen LogP contribution >= 0.6 is 23.2 Å². The summed E-state index contributed by atoms with van der Waals surface area (Å²) in [4.78, 5) is 14.2. The zero-order chi connectivity index (χ0) is 12.0. The van der Waals surface area contributed by atoms with E-state index in [4.69, 9.17) is 23.2 Å². The zero-order valence-corrected chi connectivity index (χ0v) is 11.5. The number of hydrogen-bond donors (Lipinski definition) is 0. The summed E-state index contributed by atoms with van der Waals surface area (Å²) in [7, 11) is 0. The van der Waals surface area contributed by atoms with Gasteiger partial charge < -0.3 is 4.90 Å². The second-order valence-corrected chi connectivity index (χ2v) is 5.55. The van der Waals surface area contributed by atoms with Crippen LogP contribution in [0.2, 0.25) is 0 Å². The van der Waals surface area contributed by atoms with E-state index in [9.17, 15) is 4.79 Å². The molecule has 0 saturated heterocycles. The largest absolute Gasteiger partial charge is 0.340 e. The van der Waals surface area contributed by atoms with Crippen molar-refractivity contribution in [2.24, 2.45) is 5.41 Å². The SMILES string of the molecule is CC1(C(=O)N(CCCl)CCCl)CCCCC1. The van der Waals surface area contributed by atoms with Crippen molar-refractivity contribution in [3.63, 3.8) is 0 Å². The number of nitrogens with zero attached hydrogens (tertiary/aromatic N) is 1. The Labute approximate surface area is 108 Å². The second-order valence-electron chi connectivity index (χ2n) is 4.79. The summed E-state index contributed by atoms with van der Waals surface area (Å²) in [6.45, 7) is 3.31. The molecule has 1 rings (SSSR count). The van der Waals surface area contributed by atoms with E-state index in [0.29, 0.717) is 24.8 Å². The lowest BCUT2D eigenvalue weighted by Crippen LogP contribution is -2.45. The molecule has 4 heteroatoms. The molecule has 16 heavy (non-hydrogen) atoms. The van der Waals surface area contributed by atoms with Gasteiger partial charge in [-0.1, -0.05) is 26.2 Å². The summed E-state index contributed by atoms with van der Waals surface area (Å²) in [6.07, 6.45) is 5.60. The Balaban J connectivity index is 2.63. The van der Waals surface area contributed by atoms with Gasteiger partial charge in [0.25, 0.3) is 0 Å². The van der Waals surface area contributed by atoms with Gasteiger partial charge in [-0.3, -0.25) is 4.79 Å². The molecular formula is C12H21Cl2NO. The second kappa shape index (κ2) is 6.70. The zero-order valence-electron chi connectivity index (χ0n) is 9.98. The molecular weight excluding hydrogens is 245 g/mol. The molecule has 0 N–H and O–H groups in total. The maximum Gasteiger partial charge on any atom is 0.228 e. The summed E-state index contributed by atoms with van der Waals surface area (Å²) >= 11 is 11.4. The molecule has 0 aliphatic heterocycles. The van der Waals surface area contributed by atoms with Crippen molar-refractivity contribution in [3.8, 4) is 0 Å². The Bertz CT molecular complexity index is 221. The molecule has 0 aromatic carbocycles. The highest BCUT2D eigenvalue weighted by atomic mass is 35.5. The van der Waals surface area contributed by atoms with Crippen LogP contribution < -0.4 is 0 Å². The standard InChI is InChI=1S/C12H21Cl2NO/c1-12(5-3-2-4-6-12)11(16)15(9-7-13)10-8-14/h2-10H2,1H3. The van der Waals surface area contributed by atoms with Gasteiger partial charge in [-0.05, 0) is 12.8 Å². The lowest BCUT2D eigenvalue weighted by molar-refractivity contribution is -0.142. The first-order valence-corrected chi connectivity index (χ1v) is 7.12. The van der Waals surface area contributed by atoms with E-state index in [1.807, 2.05) is 4.90 Å². The third-order valence-electron chi connectivity index (χ3n) is 3.47. The highest BCUT2D eigenvalue weighted by molar-refractivity contribution is 6.18. The fourth-order valence-electron chi connectivity index (χ4n) is 2.45. The molecule has 0 heterocycles. The first-order valence-electron chi connectivity index (χ1n) is 6.05. The van der Waals surface area contributed by atoms with Crippen molar-refractivity contribution in [2.75, 3.05) is 24.8 Å². The summed E-state index contributed by atoms with van der Waals surface area (Å²) in [6, 6.07) is 0. The fourth-order valence-corrected chi connectivity index (χ4v) is 2.85. The van der Waals surface area contributed by atoms with Crippen LogP contribution in [0.1, 0.15) is 39.0 Å². The van der Waals surface area contributed by atoms with E-state index in [2.05, 4.69) is 6.92 Å². The highest BCUT2D eigenvalue weighted by Gasteiger charge is 2.37. The predicted octanol–water partition coefficient (Wildman–Crippen LogP) is 3.26.